The maximum atomic E-state index is 12.7. The minimum Gasteiger partial charge on any atom is -0.344 e. The molecular weight excluding hydrogens is 348 g/mol. The number of halogens is 1. The van der Waals surface area contributed by atoms with E-state index in [1.807, 2.05) is 18.4 Å². The van der Waals surface area contributed by atoms with Crippen molar-refractivity contribution >= 4 is 44.9 Å². The second kappa shape index (κ2) is 6.33. The number of carbonyl (C=O) groups excluding carboxylic acids is 1. The van der Waals surface area contributed by atoms with E-state index in [-0.39, 0.29) is 17.0 Å². The van der Waals surface area contributed by atoms with E-state index in [0.29, 0.717) is 15.5 Å². The highest BCUT2D eigenvalue weighted by molar-refractivity contribution is 7.15. The molecule has 0 unspecified atom stereocenters. The number of benzene rings is 1. The Morgan fingerprint density at radius 3 is 2.71 bits per heavy atom. The number of nitrogens with one attached hydrogen (secondary N) is 1. The van der Waals surface area contributed by atoms with Gasteiger partial charge in [-0.1, -0.05) is 22.9 Å². The molecule has 1 amide bonds. The molecule has 2 aromatic heterocycles. The molecule has 3 rings (SSSR count). The van der Waals surface area contributed by atoms with Gasteiger partial charge in [0.05, 0.1) is 5.52 Å². The Labute approximate surface area is 147 Å². The SMILES string of the molecule is Cc1nnc(NC(=O)c2cn(C(C)C)c3ccc(Cl)cc3c2=O)s1. The summed E-state index contributed by atoms with van der Waals surface area (Å²) in [5.74, 6) is -0.507. The van der Waals surface area contributed by atoms with Crippen LogP contribution in [0.15, 0.2) is 29.2 Å². The molecule has 1 aromatic carbocycles. The number of anilines is 1. The first-order valence-electron chi connectivity index (χ1n) is 7.32. The average molecular weight is 363 g/mol. The van der Waals surface area contributed by atoms with Gasteiger partial charge in [0.15, 0.2) is 0 Å². The van der Waals surface area contributed by atoms with E-state index < -0.39 is 5.91 Å². The van der Waals surface area contributed by atoms with Gasteiger partial charge in [-0.25, -0.2) is 0 Å². The first-order chi connectivity index (χ1) is 11.4. The lowest BCUT2D eigenvalue weighted by atomic mass is 10.1. The number of hydrogen-bond donors (Lipinski definition) is 1. The third-order valence-electron chi connectivity index (χ3n) is 3.54. The summed E-state index contributed by atoms with van der Waals surface area (Å²) in [5.41, 5.74) is 0.428. The monoisotopic (exact) mass is 362 g/mol. The van der Waals surface area contributed by atoms with E-state index in [1.165, 1.54) is 11.3 Å². The van der Waals surface area contributed by atoms with E-state index in [4.69, 9.17) is 11.6 Å². The van der Waals surface area contributed by atoms with Crippen molar-refractivity contribution in [2.24, 2.45) is 0 Å². The van der Waals surface area contributed by atoms with E-state index in [1.54, 1.807) is 31.3 Å². The second-order valence-electron chi connectivity index (χ2n) is 5.61. The number of carbonyl (C=O) groups is 1. The highest BCUT2D eigenvalue weighted by Gasteiger charge is 2.18. The van der Waals surface area contributed by atoms with Crippen LogP contribution in [0.2, 0.25) is 5.02 Å². The molecule has 0 fully saturated rings. The van der Waals surface area contributed by atoms with Crippen LogP contribution in [-0.2, 0) is 0 Å². The van der Waals surface area contributed by atoms with E-state index in [0.717, 1.165) is 10.5 Å². The Hall–Kier alpha value is -2.25. The Bertz CT molecular complexity index is 993. The molecule has 0 saturated heterocycles. The minimum atomic E-state index is -0.507. The molecular formula is C16H15ClN4O2S. The number of amides is 1. The fourth-order valence-corrected chi connectivity index (χ4v) is 3.19. The molecule has 0 spiro atoms. The summed E-state index contributed by atoms with van der Waals surface area (Å²) in [6.45, 7) is 5.75. The fourth-order valence-electron chi connectivity index (χ4n) is 2.43. The van der Waals surface area contributed by atoms with E-state index in [9.17, 15) is 9.59 Å². The Balaban J connectivity index is 2.15. The smallest absolute Gasteiger partial charge is 0.262 e. The van der Waals surface area contributed by atoms with Gasteiger partial charge in [-0.2, -0.15) is 0 Å². The van der Waals surface area contributed by atoms with Crippen molar-refractivity contribution in [2.75, 3.05) is 5.32 Å². The third kappa shape index (κ3) is 3.05. The molecule has 2 heterocycles. The van der Waals surface area contributed by atoms with E-state index in [2.05, 4.69) is 15.5 Å². The lowest BCUT2D eigenvalue weighted by Crippen LogP contribution is -2.24. The van der Waals surface area contributed by atoms with Gasteiger partial charge in [0, 0.05) is 22.6 Å². The van der Waals surface area contributed by atoms with Crippen LogP contribution in [0.4, 0.5) is 5.13 Å². The van der Waals surface area contributed by atoms with Gasteiger partial charge in [0.25, 0.3) is 5.91 Å². The first kappa shape index (κ1) is 16.6. The zero-order valence-electron chi connectivity index (χ0n) is 13.3. The normalized spacial score (nSPS) is 11.2. The van der Waals surface area contributed by atoms with Crippen LogP contribution < -0.4 is 10.7 Å². The summed E-state index contributed by atoms with van der Waals surface area (Å²) in [6.07, 6.45) is 1.58. The minimum absolute atomic E-state index is 0.0475. The van der Waals surface area contributed by atoms with Crippen molar-refractivity contribution in [3.8, 4) is 0 Å². The molecule has 124 valence electrons. The molecule has 8 heteroatoms. The topological polar surface area (TPSA) is 76.9 Å². The van der Waals surface area contributed by atoms with Crippen LogP contribution in [0.1, 0.15) is 35.3 Å². The summed E-state index contributed by atoms with van der Waals surface area (Å²) in [4.78, 5) is 25.3. The highest BCUT2D eigenvalue weighted by atomic mass is 35.5. The maximum absolute atomic E-state index is 12.7. The van der Waals surface area contributed by atoms with E-state index >= 15 is 0 Å². The molecule has 1 N–H and O–H groups in total. The summed E-state index contributed by atoms with van der Waals surface area (Å²) in [5, 5.41) is 12.3. The van der Waals surface area contributed by atoms with Crippen molar-refractivity contribution in [2.45, 2.75) is 26.8 Å². The molecule has 0 atom stereocenters. The van der Waals surface area contributed by atoms with Crippen molar-refractivity contribution in [1.29, 1.82) is 0 Å². The number of aryl methyl sites for hydroxylation is 1. The van der Waals surface area contributed by atoms with Crippen LogP contribution in [0.25, 0.3) is 10.9 Å². The van der Waals surface area contributed by atoms with Gasteiger partial charge in [0.1, 0.15) is 10.6 Å². The maximum Gasteiger partial charge on any atom is 0.262 e. The highest BCUT2D eigenvalue weighted by Crippen LogP contribution is 2.21. The molecule has 0 aliphatic carbocycles. The average Bonchev–Trinajstić information content (AvgIpc) is 2.92. The number of nitrogens with zero attached hydrogens (tertiary/aromatic N) is 3. The van der Waals surface area contributed by atoms with Crippen LogP contribution in [-0.4, -0.2) is 20.7 Å². The first-order valence-corrected chi connectivity index (χ1v) is 8.52. The Morgan fingerprint density at radius 1 is 1.33 bits per heavy atom. The summed E-state index contributed by atoms with van der Waals surface area (Å²) < 4.78 is 1.88. The van der Waals surface area contributed by atoms with Crippen molar-refractivity contribution in [3.05, 3.63) is 50.2 Å². The van der Waals surface area contributed by atoms with Crippen LogP contribution in [0.3, 0.4) is 0 Å². The van der Waals surface area contributed by atoms with Gasteiger partial charge in [0.2, 0.25) is 10.6 Å². The number of hydrogen-bond acceptors (Lipinski definition) is 5. The Kier molecular flexibility index (Phi) is 4.38. The van der Waals surface area contributed by atoms with Crippen molar-refractivity contribution < 1.29 is 4.79 Å². The molecule has 0 saturated carbocycles. The van der Waals surface area contributed by atoms with Crippen LogP contribution in [0, 0.1) is 6.92 Å². The zero-order chi connectivity index (χ0) is 17.4. The predicted octanol–water partition coefficient (Wildman–Crippen LogP) is 3.65. The summed E-state index contributed by atoms with van der Waals surface area (Å²) in [6, 6.07) is 5.18. The van der Waals surface area contributed by atoms with Gasteiger partial charge in [-0.3, -0.25) is 14.9 Å². The van der Waals surface area contributed by atoms with Gasteiger partial charge in [-0.15, -0.1) is 10.2 Å². The summed E-state index contributed by atoms with van der Waals surface area (Å²) in [7, 11) is 0. The largest absolute Gasteiger partial charge is 0.344 e. The molecule has 0 bridgehead atoms. The summed E-state index contributed by atoms with van der Waals surface area (Å²) >= 11 is 7.27. The number of fused-ring (bicyclic) bond motifs is 1. The lowest BCUT2D eigenvalue weighted by molar-refractivity contribution is 0.102. The molecule has 0 aliphatic heterocycles. The molecule has 24 heavy (non-hydrogen) atoms. The zero-order valence-corrected chi connectivity index (χ0v) is 14.9. The Morgan fingerprint density at radius 2 is 2.08 bits per heavy atom. The third-order valence-corrected chi connectivity index (χ3v) is 4.53. The number of pyridine rings is 1. The molecule has 6 nitrogen and oxygen atoms in total. The van der Waals surface area contributed by atoms with Crippen molar-refractivity contribution in [3.63, 3.8) is 0 Å². The quantitative estimate of drug-likeness (QED) is 0.771. The standard InChI is InChI=1S/C16H15ClN4O2S/c1-8(2)21-7-12(15(23)18-16-20-19-9(3)24-16)14(22)11-6-10(17)4-5-13(11)21/h4-8H,1-3H3,(H,18,20,23). The molecule has 3 aromatic rings. The molecule has 0 aliphatic rings. The number of aromatic nitrogens is 3. The second-order valence-corrected chi connectivity index (χ2v) is 7.23. The van der Waals surface area contributed by atoms with Gasteiger partial charge < -0.3 is 4.57 Å². The lowest BCUT2D eigenvalue weighted by Gasteiger charge is -2.16. The number of rotatable bonds is 3. The van der Waals surface area contributed by atoms with Gasteiger partial charge >= 0.3 is 0 Å². The molecule has 0 radical (unpaired) electrons. The van der Waals surface area contributed by atoms with Crippen molar-refractivity contribution in [1.82, 2.24) is 14.8 Å². The van der Waals surface area contributed by atoms with Crippen LogP contribution in [0.5, 0.6) is 0 Å². The van der Waals surface area contributed by atoms with Gasteiger partial charge in [-0.05, 0) is 39.0 Å². The predicted molar refractivity (Wildman–Crippen MR) is 96.2 cm³/mol. The van der Waals surface area contributed by atoms with Crippen LogP contribution >= 0.6 is 22.9 Å². The fraction of sp³-hybridized carbons (Fsp3) is 0.250.